The summed E-state index contributed by atoms with van der Waals surface area (Å²) in [6.07, 6.45) is 2.14. The molecule has 0 unspecified atom stereocenters. The Morgan fingerprint density at radius 2 is 1.90 bits per heavy atom. The maximum absolute atomic E-state index is 5.63. The SMILES string of the molecule is Cc1cc(C)cc(NC(=S)N2CCn3cccc3[C@@H]2C)c1. The fourth-order valence-corrected chi connectivity index (χ4v) is 3.47. The molecule has 1 aromatic heterocycles. The number of aryl methyl sites for hydroxylation is 2. The van der Waals surface area contributed by atoms with Gasteiger partial charge in [0.15, 0.2) is 5.11 Å². The van der Waals surface area contributed by atoms with Crippen LogP contribution in [0.5, 0.6) is 0 Å². The summed E-state index contributed by atoms with van der Waals surface area (Å²) in [5, 5.41) is 4.20. The first-order valence-corrected chi connectivity index (χ1v) is 7.76. The van der Waals surface area contributed by atoms with E-state index in [4.69, 9.17) is 12.2 Å². The van der Waals surface area contributed by atoms with E-state index in [0.717, 1.165) is 23.9 Å². The van der Waals surface area contributed by atoms with E-state index >= 15 is 0 Å². The third-order valence-electron chi connectivity index (χ3n) is 4.08. The van der Waals surface area contributed by atoms with Gasteiger partial charge in [-0.2, -0.15) is 0 Å². The lowest BCUT2D eigenvalue weighted by molar-refractivity contribution is 0.276. The molecule has 4 heteroatoms. The van der Waals surface area contributed by atoms with Crippen LogP contribution in [0.25, 0.3) is 0 Å². The number of nitrogens with one attached hydrogen (secondary N) is 1. The van der Waals surface area contributed by atoms with Crippen LogP contribution in [0.2, 0.25) is 0 Å². The first-order chi connectivity index (χ1) is 10.0. The first-order valence-electron chi connectivity index (χ1n) is 7.35. The highest BCUT2D eigenvalue weighted by molar-refractivity contribution is 7.80. The van der Waals surface area contributed by atoms with E-state index in [-0.39, 0.29) is 0 Å². The van der Waals surface area contributed by atoms with Crippen molar-refractivity contribution in [1.82, 2.24) is 9.47 Å². The molecule has 0 aliphatic carbocycles. The van der Waals surface area contributed by atoms with E-state index in [1.807, 2.05) is 0 Å². The highest BCUT2D eigenvalue weighted by Gasteiger charge is 2.25. The number of nitrogens with zero attached hydrogens (tertiary/aromatic N) is 2. The van der Waals surface area contributed by atoms with E-state index in [9.17, 15) is 0 Å². The zero-order valence-electron chi connectivity index (χ0n) is 12.8. The average Bonchev–Trinajstić information content (AvgIpc) is 2.86. The molecule has 1 aliphatic rings. The maximum Gasteiger partial charge on any atom is 0.174 e. The van der Waals surface area contributed by atoms with Gasteiger partial charge in [-0.3, -0.25) is 0 Å². The summed E-state index contributed by atoms with van der Waals surface area (Å²) in [5.74, 6) is 0. The van der Waals surface area contributed by atoms with E-state index in [0.29, 0.717) is 6.04 Å². The van der Waals surface area contributed by atoms with Gasteiger partial charge in [-0.25, -0.2) is 0 Å². The number of anilines is 1. The zero-order valence-corrected chi connectivity index (χ0v) is 13.6. The van der Waals surface area contributed by atoms with Gasteiger partial charge >= 0.3 is 0 Å². The van der Waals surface area contributed by atoms with Crippen molar-refractivity contribution in [3.63, 3.8) is 0 Å². The molecule has 0 spiro atoms. The highest BCUT2D eigenvalue weighted by atomic mass is 32.1. The Morgan fingerprint density at radius 1 is 1.19 bits per heavy atom. The Labute approximate surface area is 131 Å². The van der Waals surface area contributed by atoms with Gasteiger partial charge in [0, 0.05) is 30.7 Å². The van der Waals surface area contributed by atoms with E-state index in [2.05, 4.69) is 72.1 Å². The Morgan fingerprint density at radius 3 is 2.62 bits per heavy atom. The molecule has 0 bridgehead atoms. The van der Waals surface area contributed by atoms with Crippen molar-refractivity contribution < 1.29 is 0 Å². The second-order valence-corrected chi connectivity index (χ2v) is 6.19. The second kappa shape index (κ2) is 5.53. The topological polar surface area (TPSA) is 20.2 Å². The molecule has 1 aromatic carbocycles. The zero-order chi connectivity index (χ0) is 15.0. The van der Waals surface area contributed by atoms with Gasteiger partial charge in [-0.15, -0.1) is 0 Å². The van der Waals surface area contributed by atoms with Crippen LogP contribution in [0.1, 0.15) is 29.8 Å². The molecule has 0 saturated heterocycles. The Hall–Kier alpha value is -1.81. The Bertz CT molecular complexity index is 654. The van der Waals surface area contributed by atoms with Gasteiger partial charge in [-0.05, 0) is 68.4 Å². The van der Waals surface area contributed by atoms with Gasteiger partial charge in [0.2, 0.25) is 0 Å². The van der Waals surface area contributed by atoms with Crippen molar-refractivity contribution in [2.75, 3.05) is 11.9 Å². The van der Waals surface area contributed by atoms with Crippen molar-refractivity contribution in [3.05, 3.63) is 53.3 Å². The molecule has 0 saturated carbocycles. The molecular weight excluding hydrogens is 278 g/mol. The maximum atomic E-state index is 5.63. The van der Waals surface area contributed by atoms with E-state index < -0.39 is 0 Å². The summed E-state index contributed by atoms with van der Waals surface area (Å²) in [5.41, 5.74) is 4.90. The van der Waals surface area contributed by atoms with Crippen molar-refractivity contribution in [1.29, 1.82) is 0 Å². The smallest absolute Gasteiger partial charge is 0.174 e. The van der Waals surface area contributed by atoms with Crippen LogP contribution in [0.3, 0.4) is 0 Å². The van der Waals surface area contributed by atoms with Crippen molar-refractivity contribution >= 4 is 23.0 Å². The third kappa shape index (κ3) is 2.81. The number of thiocarbonyl (C=S) groups is 1. The molecule has 1 N–H and O–H groups in total. The van der Waals surface area contributed by atoms with Gasteiger partial charge in [-0.1, -0.05) is 6.07 Å². The molecule has 2 aromatic rings. The lowest BCUT2D eigenvalue weighted by atomic mass is 10.1. The Kier molecular flexibility index (Phi) is 3.72. The van der Waals surface area contributed by atoms with Crippen LogP contribution in [-0.2, 0) is 6.54 Å². The van der Waals surface area contributed by atoms with Crippen LogP contribution < -0.4 is 5.32 Å². The minimum atomic E-state index is 0.305. The summed E-state index contributed by atoms with van der Waals surface area (Å²) in [4.78, 5) is 2.27. The summed E-state index contributed by atoms with van der Waals surface area (Å²) < 4.78 is 2.31. The highest BCUT2D eigenvalue weighted by Crippen LogP contribution is 2.26. The predicted molar refractivity (Wildman–Crippen MR) is 91.7 cm³/mol. The molecule has 2 heterocycles. The first kappa shape index (κ1) is 14.1. The summed E-state index contributed by atoms with van der Waals surface area (Å²) in [7, 11) is 0. The molecule has 110 valence electrons. The van der Waals surface area contributed by atoms with Crippen LogP contribution in [0, 0.1) is 13.8 Å². The minimum Gasteiger partial charge on any atom is -0.348 e. The fourth-order valence-electron chi connectivity index (χ4n) is 3.10. The summed E-state index contributed by atoms with van der Waals surface area (Å²) in [6.45, 7) is 8.36. The summed E-state index contributed by atoms with van der Waals surface area (Å²) >= 11 is 5.63. The van der Waals surface area contributed by atoms with Crippen LogP contribution in [-0.4, -0.2) is 21.1 Å². The number of rotatable bonds is 1. The molecular formula is C17H21N3S. The van der Waals surface area contributed by atoms with E-state index in [1.165, 1.54) is 16.8 Å². The standard InChI is InChI=1S/C17H21N3S/c1-12-9-13(2)11-15(10-12)18-17(21)20-8-7-19-6-4-5-16(19)14(20)3/h4-6,9-11,14H,7-8H2,1-3H3,(H,18,21)/t14-/m0/s1. The molecule has 0 radical (unpaired) electrons. The average molecular weight is 299 g/mol. The second-order valence-electron chi connectivity index (χ2n) is 5.80. The van der Waals surface area contributed by atoms with E-state index in [1.54, 1.807) is 0 Å². The number of fused-ring (bicyclic) bond motifs is 1. The van der Waals surface area contributed by atoms with Crippen LogP contribution in [0.15, 0.2) is 36.5 Å². The van der Waals surface area contributed by atoms with Crippen molar-refractivity contribution in [2.24, 2.45) is 0 Å². The number of aromatic nitrogens is 1. The lowest BCUT2D eigenvalue weighted by Gasteiger charge is -2.36. The molecule has 3 rings (SSSR count). The van der Waals surface area contributed by atoms with Crippen LogP contribution in [0.4, 0.5) is 5.69 Å². The minimum absolute atomic E-state index is 0.305. The van der Waals surface area contributed by atoms with Gasteiger partial charge in [0.1, 0.15) is 0 Å². The molecule has 0 fully saturated rings. The largest absolute Gasteiger partial charge is 0.348 e. The summed E-state index contributed by atoms with van der Waals surface area (Å²) in [6, 6.07) is 11.0. The third-order valence-corrected chi connectivity index (χ3v) is 4.41. The van der Waals surface area contributed by atoms with Gasteiger partial charge in [0.05, 0.1) is 6.04 Å². The Balaban J connectivity index is 1.77. The molecule has 3 nitrogen and oxygen atoms in total. The van der Waals surface area contributed by atoms with Gasteiger partial charge < -0.3 is 14.8 Å². The fraction of sp³-hybridized carbons (Fsp3) is 0.353. The van der Waals surface area contributed by atoms with Gasteiger partial charge in [0.25, 0.3) is 0 Å². The number of benzene rings is 1. The number of hydrogen-bond acceptors (Lipinski definition) is 1. The molecule has 21 heavy (non-hydrogen) atoms. The molecule has 0 amide bonds. The van der Waals surface area contributed by atoms with Crippen molar-refractivity contribution in [3.8, 4) is 0 Å². The predicted octanol–water partition coefficient (Wildman–Crippen LogP) is 3.88. The number of hydrogen-bond donors (Lipinski definition) is 1. The molecule has 1 aliphatic heterocycles. The van der Waals surface area contributed by atoms with Crippen molar-refractivity contribution in [2.45, 2.75) is 33.4 Å². The monoisotopic (exact) mass is 299 g/mol. The quantitative estimate of drug-likeness (QED) is 0.807. The normalized spacial score (nSPS) is 17.5. The van der Waals surface area contributed by atoms with Crippen LogP contribution >= 0.6 is 12.2 Å². The lowest BCUT2D eigenvalue weighted by Crippen LogP contribution is -2.42. The molecule has 1 atom stereocenters.